The quantitative estimate of drug-likeness (QED) is 0.0314. The number of aromatic nitrogens is 3. The number of hydrogen-bond donors (Lipinski definition) is 2. The summed E-state index contributed by atoms with van der Waals surface area (Å²) in [4.78, 5) is 6.27. The van der Waals surface area contributed by atoms with E-state index in [1.807, 2.05) is 123 Å². The first kappa shape index (κ1) is 91.9. The molecule has 2 N–H and O–H groups in total. The number of para-hydroxylation sites is 1. The van der Waals surface area contributed by atoms with E-state index in [9.17, 15) is 13.2 Å². The number of rotatable bonds is 26. The van der Waals surface area contributed by atoms with Gasteiger partial charge in [0.2, 0.25) is 0 Å². The molecule has 11 aromatic carbocycles. The van der Waals surface area contributed by atoms with Gasteiger partial charge in [-0.15, -0.1) is 11.3 Å². The first-order valence-corrected chi connectivity index (χ1v) is 44.1. The van der Waals surface area contributed by atoms with Crippen molar-refractivity contribution in [3.05, 3.63) is 338 Å². The molecule has 1 aliphatic heterocycles. The fraction of sp³-hybridized carbons (Fsp3) is 0.299. The number of halogens is 6. The highest BCUT2D eigenvalue weighted by Crippen LogP contribution is 2.51. The van der Waals surface area contributed by atoms with Crippen molar-refractivity contribution >= 4 is 77.1 Å². The van der Waals surface area contributed by atoms with Gasteiger partial charge in [-0.3, -0.25) is 10.00 Å². The fourth-order valence-corrected chi connectivity index (χ4v) is 17.4. The molecule has 124 heavy (non-hydrogen) atoms. The minimum Gasteiger partial charge on any atom is -0.491 e. The molecule has 4 heterocycles. The standard InChI is InChI=1S/C28H32O2.C27H27ClN2O.C26H23F3O2S.C26H32F2N2O/c1-4-11-27(23-12-7-5-8-13-23)28(24-14-9-6-10-15-24)25-16-18-26(19-17-25)30-21-20-29-22(2)3;1-5-23(24-12-6-18(4)14-25(24)28)27(19-7-10-22(11-8-19)31-17(2)3)20-9-13-26-21(15-20)16-29-30-26;1-15(2)30-18-7-9-19(10-8-18)31-24-21-11-5-16(3)13-23(21)32-25(24)20-12-6-17(27)14-22(20)26(4,28)29;1-15(2)31-17-12-20(27)23(21(28)13-17)25-24-19(18-9-7-8-10-22(18)29-24)11-16(3)30(25)14-26(4,5)6/h5-10,12-19,22H,4,11,20-21H2,1-3H3;6-17H,5H2,1-4H3,(H,29,30);5-15H,1-4H3;7-10,12-13,15-16,25,29H,11,14H2,1-6H3/b28-27-;27-23+;;/t;;;16-,25-/m...1/s1. The number of thiophene rings is 1. The van der Waals surface area contributed by atoms with Crippen molar-refractivity contribution in [2.24, 2.45) is 5.41 Å². The van der Waals surface area contributed by atoms with Gasteiger partial charge in [0.05, 0.1) is 53.7 Å². The fourth-order valence-electron chi connectivity index (χ4n) is 15.8. The summed E-state index contributed by atoms with van der Waals surface area (Å²) in [6, 6.07) is 77.7. The normalized spacial score (nSPS) is 14.0. The van der Waals surface area contributed by atoms with E-state index in [-0.39, 0.29) is 58.3 Å². The van der Waals surface area contributed by atoms with E-state index in [2.05, 4.69) is 202 Å². The Kier molecular flexibility index (Phi) is 30.8. The van der Waals surface area contributed by atoms with Gasteiger partial charge in [-0.05, 0) is 270 Å². The van der Waals surface area contributed by atoms with Crippen molar-refractivity contribution < 1.29 is 50.4 Å². The van der Waals surface area contributed by atoms with Crippen LogP contribution in [0.3, 0.4) is 0 Å². The third-order valence-corrected chi connectivity index (χ3v) is 22.5. The summed E-state index contributed by atoms with van der Waals surface area (Å²) in [6.07, 6.45) is 5.93. The summed E-state index contributed by atoms with van der Waals surface area (Å²) in [5, 5.41) is 11.0. The summed E-state index contributed by atoms with van der Waals surface area (Å²) in [6.45, 7) is 35.4. The maximum Gasteiger partial charge on any atom is 0.271 e. The minimum absolute atomic E-state index is 0.0241. The molecule has 3 aromatic heterocycles. The maximum atomic E-state index is 15.5. The number of hydrogen-bond acceptors (Lipinski definition) is 9. The van der Waals surface area contributed by atoms with Crippen molar-refractivity contribution in [1.29, 1.82) is 0 Å². The zero-order valence-corrected chi connectivity index (χ0v) is 75.7. The Bertz CT molecular complexity index is 5940. The highest BCUT2D eigenvalue weighted by Gasteiger charge is 2.41. The van der Waals surface area contributed by atoms with Crippen molar-refractivity contribution in [1.82, 2.24) is 20.1 Å². The lowest BCUT2D eigenvalue weighted by atomic mass is 9.85. The maximum absolute atomic E-state index is 15.5. The second kappa shape index (κ2) is 41.5. The van der Waals surface area contributed by atoms with E-state index in [4.69, 9.17) is 40.0 Å². The van der Waals surface area contributed by atoms with Crippen LogP contribution in [-0.2, 0) is 17.1 Å². The number of allylic oxidation sites excluding steroid dienone is 2. The highest BCUT2D eigenvalue weighted by molar-refractivity contribution is 7.22. The second-order valence-electron chi connectivity index (χ2n) is 34.0. The molecule has 0 aliphatic carbocycles. The number of ether oxygens (including phenoxy) is 6. The van der Waals surface area contributed by atoms with Crippen LogP contribution in [0.5, 0.6) is 34.5 Å². The molecule has 2 atom stereocenters. The van der Waals surface area contributed by atoms with Gasteiger partial charge < -0.3 is 33.4 Å². The van der Waals surface area contributed by atoms with Crippen molar-refractivity contribution in [3.63, 3.8) is 0 Å². The topological polar surface area (TPSA) is 103 Å². The molecule has 0 spiro atoms. The molecular formula is C107H114ClF5N4O6S. The molecule has 1 aliphatic rings. The molecule has 0 amide bonds. The van der Waals surface area contributed by atoms with E-state index < -0.39 is 29.4 Å². The molecule has 0 saturated carbocycles. The summed E-state index contributed by atoms with van der Waals surface area (Å²) < 4.78 is 109. The number of H-pyrrole nitrogens is 2. The lowest BCUT2D eigenvalue weighted by Gasteiger charge is -2.44. The monoisotopic (exact) mass is 1710 g/mol. The predicted molar refractivity (Wildman–Crippen MR) is 503 cm³/mol. The Morgan fingerprint density at radius 2 is 1.10 bits per heavy atom. The number of nitrogens with zero attached hydrogens (tertiary/aromatic N) is 2. The van der Waals surface area contributed by atoms with Crippen molar-refractivity contribution in [2.75, 3.05) is 19.8 Å². The van der Waals surface area contributed by atoms with E-state index in [0.717, 1.165) is 133 Å². The first-order chi connectivity index (χ1) is 59.3. The minimum atomic E-state index is -3.21. The third-order valence-electron chi connectivity index (χ3n) is 21.1. The Morgan fingerprint density at radius 3 is 1.70 bits per heavy atom. The van der Waals surface area contributed by atoms with Gasteiger partial charge in [0.1, 0.15) is 52.8 Å². The number of aryl methyl sites for hydroxylation is 2. The van der Waals surface area contributed by atoms with Gasteiger partial charge in [0.25, 0.3) is 5.92 Å². The average Bonchev–Trinajstić information content (AvgIpc) is 1.75. The zero-order valence-electron chi connectivity index (χ0n) is 74.1. The third kappa shape index (κ3) is 23.4. The van der Waals surface area contributed by atoms with Crippen LogP contribution < -0.4 is 23.7 Å². The zero-order chi connectivity index (χ0) is 88.7. The number of aromatic amines is 2. The summed E-state index contributed by atoms with van der Waals surface area (Å²) in [5.41, 5.74) is 18.3. The van der Waals surface area contributed by atoms with Crippen LogP contribution in [-0.4, -0.2) is 70.3 Å². The smallest absolute Gasteiger partial charge is 0.271 e. The molecule has 10 nitrogen and oxygen atoms in total. The molecular weight excluding hydrogens is 1600 g/mol. The molecule has 0 unspecified atom stereocenters. The van der Waals surface area contributed by atoms with E-state index >= 15 is 8.78 Å². The van der Waals surface area contributed by atoms with Gasteiger partial charge in [0, 0.05) is 85.4 Å². The second-order valence-corrected chi connectivity index (χ2v) is 35.4. The summed E-state index contributed by atoms with van der Waals surface area (Å²) >= 11 is 8.07. The molecule has 17 heteroatoms. The van der Waals surface area contributed by atoms with Crippen LogP contribution in [0.15, 0.2) is 249 Å². The largest absolute Gasteiger partial charge is 0.491 e. The number of benzene rings is 11. The Balaban J connectivity index is 0.000000151. The first-order valence-electron chi connectivity index (χ1n) is 42.9. The molecule has 0 fully saturated rings. The van der Waals surface area contributed by atoms with Crippen LogP contribution >= 0.6 is 22.9 Å². The van der Waals surface area contributed by atoms with Gasteiger partial charge in [-0.1, -0.05) is 186 Å². The highest BCUT2D eigenvalue weighted by atomic mass is 35.5. The SMILES string of the molecule is CC(C)Oc1cc(F)c([C@@H]2c3[nH]c4ccccc4c3C[C@@H](C)N2CC(C)(C)C)c(F)c1.CC/C(=C(/c1ccc(OC(C)C)cc1)c1ccc2[nH]ncc2c1)c1ccc(C)cc1Cl.CCC/C(=C(\c1ccccc1)c1ccc(OCCOC(C)C)cc1)c1ccccc1.Cc1ccc2c(Oc3ccc(OC(C)C)cc3)c(-c3ccc(F)cc3C(C)(F)F)sc2c1. The van der Waals surface area contributed by atoms with E-state index in [1.54, 1.807) is 24.3 Å². The van der Waals surface area contributed by atoms with E-state index in [0.29, 0.717) is 35.3 Å². The Hall–Kier alpha value is -11.3. The molecule has 14 aromatic rings. The van der Waals surface area contributed by atoms with Crippen LogP contribution in [0.4, 0.5) is 22.0 Å². The number of nitrogens with one attached hydrogen (secondary N) is 2. The average molecular weight is 1710 g/mol. The molecule has 0 bridgehead atoms. The number of fused-ring (bicyclic) bond motifs is 5. The van der Waals surface area contributed by atoms with Gasteiger partial charge in [0.15, 0.2) is 5.75 Å². The van der Waals surface area contributed by atoms with Crippen molar-refractivity contribution in [2.45, 2.75) is 186 Å². The van der Waals surface area contributed by atoms with Gasteiger partial charge in [-0.25, -0.2) is 22.0 Å². The van der Waals surface area contributed by atoms with Crippen LogP contribution in [0.2, 0.25) is 5.02 Å². The molecule has 0 radical (unpaired) electrons. The van der Waals surface area contributed by atoms with Crippen LogP contribution in [0.25, 0.3) is 64.6 Å². The Morgan fingerprint density at radius 1 is 0.548 bits per heavy atom. The van der Waals surface area contributed by atoms with Crippen LogP contribution in [0, 0.1) is 36.7 Å². The lowest BCUT2D eigenvalue weighted by Crippen LogP contribution is -2.46. The van der Waals surface area contributed by atoms with Crippen LogP contribution in [0.1, 0.15) is 196 Å². The molecule has 15 rings (SSSR count). The van der Waals surface area contributed by atoms with Gasteiger partial charge in [-0.2, -0.15) is 5.10 Å². The van der Waals surface area contributed by atoms with Crippen molar-refractivity contribution in [3.8, 4) is 44.9 Å². The number of alkyl halides is 2. The summed E-state index contributed by atoms with van der Waals surface area (Å²) in [7, 11) is 0. The summed E-state index contributed by atoms with van der Waals surface area (Å²) in [5.74, 6) is -1.36. The Labute approximate surface area is 737 Å². The molecule has 646 valence electrons. The van der Waals surface area contributed by atoms with E-state index in [1.165, 1.54) is 74.6 Å². The molecule has 0 saturated heterocycles. The van der Waals surface area contributed by atoms with Gasteiger partial charge >= 0.3 is 0 Å². The lowest BCUT2D eigenvalue weighted by molar-refractivity contribution is 0.0178. The predicted octanol–water partition coefficient (Wildman–Crippen LogP) is 30.3.